The van der Waals surface area contributed by atoms with Gasteiger partial charge in [-0.3, -0.25) is 9.59 Å². The second kappa shape index (κ2) is 9.50. The van der Waals surface area contributed by atoms with Crippen molar-refractivity contribution in [3.63, 3.8) is 0 Å². The Bertz CT molecular complexity index is 2410. The van der Waals surface area contributed by atoms with Gasteiger partial charge in [0.1, 0.15) is 0 Å². The van der Waals surface area contributed by atoms with Crippen LogP contribution in [0.5, 0.6) is 0 Å². The molecule has 2 aromatic heterocycles. The molecule has 0 aliphatic carbocycles. The van der Waals surface area contributed by atoms with Gasteiger partial charge in [0.2, 0.25) is 0 Å². The first kappa shape index (κ1) is 25.2. The van der Waals surface area contributed by atoms with E-state index in [4.69, 9.17) is 0 Å². The van der Waals surface area contributed by atoms with E-state index in [1.165, 1.54) is 37.8 Å². The van der Waals surface area contributed by atoms with Crippen molar-refractivity contribution in [3.05, 3.63) is 159 Å². The minimum Gasteiger partial charge on any atom is -0.268 e. The third-order valence-corrected chi connectivity index (χ3v) is 8.82. The molecule has 0 fully saturated rings. The van der Waals surface area contributed by atoms with Crippen LogP contribution in [0.15, 0.2) is 137 Å². The molecular weight excluding hydrogens is 526 g/mol. The van der Waals surface area contributed by atoms with Crippen molar-refractivity contribution < 1.29 is 0 Å². The molecule has 0 aliphatic rings. The number of hydrogen-bond acceptors (Lipinski definition) is 2. The molecule has 6 aromatic carbocycles. The fourth-order valence-electron chi connectivity index (χ4n) is 6.72. The third-order valence-electron chi connectivity index (χ3n) is 8.82. The highest BCUT2D eigenvalue weighted by Crippen LogP contribution is 2.37. The van der Waals surface area contributed by atoms with Crippen molar-refractivity contribution in [2.24, 2.45) is 0 Å². The first-order valence-corrected chi connectivity index (χ1v) is 14.5. The van der Waals surface area contributed by atoms with Crippen LogP contribution in [0.3, 0.4) is 0 Å². The Morgan fingerprint density at radius 3 is 1.33 bits per heavy atom. The highest BCUT2D eigenvalue weighted by Gasteiger charge is 2.18. The van der Waals surface area contributed by atoms with Gasteiger partial charge in [-0.05, 0) is 93.4 Å². The molecule has 0 radical (unpaired) electrons. The largest absolute Gasteiger partial charge is 0.268 e. The van der Waals surface area contributed by atoms with Crippen LogP contribution in [0.1, 0.15) is 11.1 Å². The Hall–Kier alpha value is -5.54. The lowest BCUT2D eigenvalue weighted by Crippen LogP contribution is -2.27. The topological polar surface area (TPSA) is 38.5 Å². The molecule has 3 nitrogen and oxygen atoms in total. The fraction of sp³-hybridized carbons (Fsp3) is 0.0500. The van der Waals surface area contributed by atoms with Crippen LogP contribution in [0.4, 0.5) is 0 Å². The van der Waals surface area contributed by atoms with Gasteiger partial charge in [0.05, 0.1) is 5.52 Å². The van der Waals surface area contributed by atoms with Gasteiger partial charge in [-0.1, -0.05) is 103 Å². The van der Waals surface area contributed by atoms with Gasteiger partial charge in [-0.2, -0.15) is 0 Å². The highest BCUT2D eigenvalue weighted by atomic mass is 16.2. The van der Waals surface area contributed by atoms with E-state index in [-0.39, 0.29) is 11.1 Å². The molecule has 0 saturated heterocycles. The Morgan fingerprint density at radius 2 is 0.837 bits per heavy atom. The molecule has 0 amide bonds. The van der Waals surface area contributed by atoms with E-state index in [9.17, 15) is 9.59 Å². The van der Waals surface area contributed by atoms with Crippen LogP contribution in [0, 0.1) is 13.8 Å². The molecule has 8 aromatic rings. The molecule has 0 atom stereocenters. The maximum absolute atomic E-state index is 13.6. The van der Waals surface area contributed by atoms with Crippen molar-refractivity contribution in [3.8, 4) is 33.4 Å². The first-order chi connectivity index (χ1) is 21.0. The second-order valence-electron chi connectivity index (χ2n) is 11.4. The van der Waals surface area contributed by atoms with Crippen LogP contribution in [-0.2, 0) is 0 Å². The second-order valence-corrected chi connectivity index (χ2v) is 11.4. The molecule has 0 spiro atoms. The Balaban J connectivity index is 1.35. The normalized spacial score (nSPS) is 11.7. The number of nitrogens with zero attached hydrogens (tertiary/aromatic N) is 1. The summed E-state index contributed by atoms with van der Waals surface area (Å²) in [5.41, 5.74) is 9.55. The predicted molar refractivity (Wildman–Crippen MR) is 179 cm³/mol. The zero-order chi connectivity index (χ0) is 29.2. The summed E-state index contributed by atoms with van der Waals surface area (Å²) in [4.78, 5) is 27.2. The molecule has 3 heteroatoms. The lowest BCUT2D eigenvalue weighted by atomic mass is 9.90. The van der Waals surface area contributed by atoms with Crippen molar-refractivity contribution in [1.82, 2.24) is 4.40 Å². The Kier molecular flexibility index (Phi) is 5.57. The maximum atomic E-state index is 13.6. The molecule has 204 valence electrons. The third kappa shape index (κ3) is 3.82. The number of aryl methyl sites for hydroxylation is 2. The van der Waals surface area contributed by atoms with Gasteiger partial charge < -0.3 is 0 Å². The van der Waals surface area contributed by atoms with E-state index >= 15 is 0 Å². The minimum atomic E-state index is -0.273. The molecule has 2 heterocycles. The summed E-state index contributed by atoms with van der Waals surface area (Å²) in [6, 6.07) is 43.2. The molecule has 43 heavy (non-hydrogen) atoms. The number of pyridine rings is 2. The number of aromatic nitrogens is 1. The monoisotopic (exact) mass is 553 g/mol. The summed E-state index contributed by atoms with van der Waals surface area (Å²) in [6.45, 7) is 4.34. The van der Waals surface area contributed by atoms with Gasteiger partial charge in [-0.25, -0.2) is 4.40 Å². The minimum absolute atomic E-state index is 0.273. The zero-order valence-electron chi connectivity index (χ0n) is 23.9. The van der Waals surface area contributed by atoms with E-state index in [1.54, 1.807) is 0 Å². The SMILES string of the molecule is Cc1cc(-c2ccccc2)ccc1-c1ccc(-c2cc3c4ccccc4c(=O)n4c(=O)c5ccccc5c(c2)c34)cc1C. The van der Waals surface area contributed by atoms with Crippen LogP contribution < -0.4 is 11.1 Å². The van der Waals surface area contributed by atoms with E-state index < -0.39 is 0 Å². The predicted octanol–water partition coefficient (Wildman–Crippen LogP) is 9.17. The van der Waals surface area contributed by atoms with Crippen molar-refractivity contribution >= 4 is 37.8 Å². The first-order valence-electron chi connectivity index (χ1n) is 14.5. The van der Waals surface area contributed by atoms with Crippen molar-refractivity contribution in [2.75, 3.05) is 0 Å². The lowest BCUT2D eigenvalue weighted by Gasteiger charge is -2.16. The molecule has 0 unspecified atom stereocenters. The van der Waals surface area contributed by atoms with Gasteiger partial charge in [0.15, 0.2) is 0 Å². The average molecular weight is 554 g/mol. The average Bonchev–Trinajstić information content (AvgIpc) is 3.05. The number of fused-ring (bicyclic) bond motifs is 4. The van der Waals surface area contributed by atoms with Crippen molar-refractivity contribution in [2.45, 2.75) is 13.8 Å². The van der Waals surface area contributed by atoms with Crippen LogP contribution >= 0.6 is 0 Å². The summed E-state index contributed by atoms with van der Waals surface area (Å²) in [5.74, 6) is 0. The molecule has 0 aliphatic heterocycles. The summed E-state index contributed by atoms with van der Waals surface area (Å²) in [7, 11) is 0. The van der Waals surface area contributed by atoms with Gasteiger partial charge in [0.25, 0.3) is 11.1 Å². The molecule has 0 saturated carbocycles. The van der Waals surface area contributed by atoms with Crippen LogP contribution in [0.2, 0.25) is 0 Å². The lowest BCUT2D eigenvalue weighted by molar-refractivity contribution is 1.09. The summed E-state index contributed by atoms with van der Waals surface area (Å²) >= 11 is 0. The summed E-state index contributed by atoms with van der Waals surface area (Å²) in [6.07, 6.45) is 0. The summed E-state index contributed by atoms with van der Waals surface area (Å²) < 4.78 is 1.37. The Morgan fingerprint density at radius 1 is 0.395 bits per heavy atom. The van der Waals surface area contributed by atoms with E-state index in [0.29, 0.717) is 16.3 Å². The zero-order valence-corrected chi connectivity index (χ0v) is 23.9. The van der Waals surface area contributed by atoms with Gasteiger partial charge in [0, 0.05) is 21.5 Å². The van der Waals surface area contributed by atoms with Gasteiger partial charge in [-0.15, -0.1) is 0 Å². The van der Waals surface area contributed by atoms with Crippen molar-refractivity contribution in [1.29, 1.82) is 0 Å². The van der Waals surface area contributed by atoms with E-state index in [1.807, 2.05) is 54.6 Å². The van der Waals surface area contributed by atoms with Crippen LogP contribution in [-0.4, -0.2) is 4.40 Å². The quantitative estimate of drug-likeness (QED) is 0.162. The maximum Gasteiger partial charge on any atom is 0.266 e. The molecule has 8 rings (SSSR count). The van der Waals surface area contributed by atoms with Gasteiger partial charge >= 0.3 is 0 Å². The smallest absolute Gasteiger partial charge is 0.266 e. The fourth-order valence-corrected chi connectivity index (χ4v) is 6.72. The highest BCUT2D eigenvalue weighted by molar-refractivity contribution is 6.19. The number of benzene rings is 6. The molecule has 0 bridgehead atoms. The Labute approximate surface area is 248 Å². The molecule has 0 N–H and O–H groups in total. The van der Waals surface area contributed by atoms with E-state index in [0.717, 1.165) is 32.7 Å². The van der Waals surface area contributed by atoms with Crippen LogP contribution in [0.25, 0.3) is 71.2 Å². The number of hydrogen-bond donors (Lipinski definition) is 0. The number of rotatable bonds is 3. The molecular formula is C40H27NO2. The summed E-state index contributed by atoms with van der Waals surface area (Å²) in [5, 5.41) is 4.62. The standard InChI is InChI=1S/C40H27NO2/c1-24-20-27(26-10-4-3-5-11-26)16-18-30(24)31-19-17-28(21-25(31)2)29-22-36-32-12-6-8-14-34(32)39(42)41-38(36)37(23-29)33-13-7-9-15-35(33)40(41)43/h3-23H,1-2H3. The van der Waals surface area contributed by atoms with E-state index in [2.05, 4.69) is 86.6 Å².